The van der Waals surface area contributed by atoms with Crippen LogP contribution in [0.25, 0.3) is 0 Å². The Hall–Kier alpha value is -3.09. The minimum absolute atomic E-state index is 0.0779. The summed E-state index contributed by atoms with van der Waals surface area (Å²) in [4.78, 5) is 33.0. The number of amides is 2. The monoisotopic (exact) mass is 455 g/mol. The molecule has 0 unspecified atom stereocenters. The lowest BCUT2D eigenvalue weighted by atomic mass is 10.1. The standard InChI is InChI=1S/C23H19Cl2N3O3/c24-18-12-17(13-19(25)14-18)23(30)28-10-8-27(9-11-28)22(29)16-3-5-20(6-4-16)31-21-2-1-7-26-15-21/h1-7,12-15H,8-11H2. The van der Waals surface area contributed by atoms with Crippen LogP contribution in [0.15, 0.2) is 67.0 Å². The maximum absolute atomic E-state index is 12.8. The van der Waals surface area contributed by atoms with Crippen molar-refractivity contribution < 1.29 is 14.3 Å². The van der Waals surface area contributed by atoms with Crippen LogP contribution in [0.2, 0.25) is 10.0 Å². The molecule has 1 saturated heterocycles. The van der Waals surface area contributed by atoms with Gasteiger partial charge < -0.3 is 14.5 Å². The van der Waals surface area contributed by atoms with Gasteiger partial charge in [0.15, 0.2) is 0 Å². The van der Waals surface area contributed by atoms with Gasteiger partial charge in [0.2, 0.25) is 0 Å². The number of carbonyl (C=O) groups is 2. The Morgan fingerprint density at radius 1 is 0.774 bits per heavy atom. The molecule has 1 aliphatic rings. The van der Waals surface area contributed by atoms with Gasteiger partial charge >= 0.3 is 0 Å². The zero-order valence-electron chi connectivity index (χ0n) is 16.5. The highest BCUT2D eigenvalue weighted by molar-refractivity contribution is 6.35. The molecule has 0 saturated carbocycles. The Morgan fingerprint density at radius 2 is 1.35 bits per heavy atom. The summed E-state index contributed by atoms with van der Waals surface area (Å²) in [5, 5.41) is 0.834. The molecule has 0 atom stereocenters. The molecule has 0 N–H and O–H groups in total. The smallest absolute Gasteiger partial charge is 0.254 e. The number of carbonyl (C=O) groups excluding carboxylic acids is 2. The number of piperazine rings is 1. The van der Waals surface area contributed by atoms with Gasteiger partial charge in [-0.3, -0.25) is 14.6 Å². The quantitative estimate of drug-likeness (QED) is 0.567. The van der Waals surface area contributed by atoms with E-state index in [9.17, 15) is 9.59 Å². The van der Waals surface area contributed by atoms with Crippen molar-refractivity contribution in [3.63, 3.8) is 0 Å². The predicted molar refractivity (Wildman–Crippen MR) is 119 cm³/mol. The summed E-state index contributed by atoms with van der Waals surface area (Å²) < 4.78 is 5.71. The highest BCUT2D eigenvalue weighted by Gasteiger charge is 2.26. The zero-order valence-corrected chi connectivity index (χ0v) is 18.0. The average Bonchev–Trinajstić information content (AvgIpc) is 2.79. The molecule has 2 aromatic carbocycles. The fourth-order valence-electron chi connectivity index (χ4n) is 3.36. The van der Waals surface area contributed by atoms with E-state index in [-0.39, 0.29) is 11.8 Å². The van der Waals surface area contributed by atoms with Crippen LogP contribution in [0.3, 0.4) is 0 Å². The molecule has 158 valence electrons. The summed E-state index contributed by atoms with van der Waals surface area (Å²) in [6, 6.07) is 15.4. The first kappa shape index (κ1) is 21.2. The highest BCUT2D eigenvalue weighted by Crippen LogP contribution is 2.23. The third kappa shape index (κ3) is 5.16. The van der Waals surface area contributed by atoms with Crippen LogP contribution in [0, 0.1) is 0 Å². The van der Waals surface area contributed by atoms with E-state index in [1.54, 1.807) is 70.7 Å². The summed E-state index contributed by atoms with van der Waals surface area (Å²) in [5.74, 6) is 1.03. The lowest BCUT2D eigenvalue weighted by Crippen LogP contribution is -2.50. The summed E-state index contributed by atoms with van der Waals surface area (Å²) in [5.41, 5.74) is 1.02. The van der Waals surface area contributed by atoms with Gasteiger partial charge in [-0.25, -0.2) is 0 Å². The van der Waals surface area contributed by atoms with E-state index in [1.807, 2.05) is 6.07 Å². The van der Waals surface area contributed by atoms with Gasteiger partial charge in [0.05, 0.1) is 6.20 Å². The number of rotatable bonds is 4. The minimum atomic E-state index is -0.145. The molecule has 1 aromatic heterocycles. The number of hydrogen-bond acceptors (Lipinski definition) is 4. The van der Waals surface area contributed by atoms with Gasteiger partial charge in [-0.1, -0.05) is 23.2 Å². The van der Waals surface area contributed by atoms with Gasteiger partial charge in [-0.2, -0.15) is 0 Å². The molecule has 0 bridgehead atoms. The number of aromatic nitrogens is 1. The van der Waals surface area contributed by atoms with Gasteiger partial charge in [0, 0.05) is 53.5 Å². The zero-order chi connectivity index (χ0) is 21.8. The third-order valence-electron chi connectivity index (χ3n) is 4.93. The maximum atomic E-state index is 12.8. The summed E-state index contributed by atoms with van der Waals surface area (Å²) in [6.07, 6.45) is 3.29. The van der Waals surface area contributed by atoms with Crippen LogP contribution in [-0.4, -0.2) is 52.8 Å². The molecule has 0 spiro atoms. The topological polar surface area (TPSA) is 62.7 Å². The number of pyridine rings is 1. The molecular formula is C23H19Cl2N3O3. The second-order valence-electron chi connectivity index (χ2n) is 7.06. The lowest BCUT2D eigenvalue weighted by Gasteiger charge is -2.35. The van der Waals surface area contributed by atoms with Crippen LogP contribution in [0.5, 0.6) is 11.5 Å². The Kier molecular flexibility index (Phi) is 6.39. The number of ether oxygens (including phenoxy) is 1. The van der Waals surface area contributed by atoms with Crippen molar-refractivity contribution in [2.45, 2.75) is 0 Å². The van der Waals surface area contributed by atoms with E-state index >= 15 is 0 Å². The first-order valence-electron chi connectivity index (χ1n) is 9.72. The van der Waals surface area contributed by atoms with Crippen LogP contribution in [-0.2, 0) is 0 Å². The molecule has 2 amide bonds. The van der Waals surface area contributed by atoms with Gasteiger partial charge in [0.25, 0.3) is 11.8 Å². The van der Waals surface area contributed by atoms with Crippen molar-refractivity contribution in [1.82, 2.24) is 14.8 Å². The molecule has 6 nitrogen and oxygen atoms in total. The van der Waals surface area contributed by atoms with Crippen molar-refractivity contribution in [1.29, 1.82) is 0 Å². The van der Waals surface area contributed by atoms with Gasteiger partial charge in [-0.05, 0) is 54.6 Å². The Labute approximate surface area is 190 Å². The van der Waals surface area contributed by atoms with Crippen LogP contribution >= 0.6 is 23.2 Å². The number of hydrogen-bond donors (Lipinski definition) is 0. The second kappa shape index (κ2) is 9.37. The number of nitrogens with zero attached hydrogens (tertiary/aromatic N) is 3. The first-order valence-corrected chi connectivity index (χ1v) is 10.5. The molecule has 4 rings (SSSR count). The minimum Gasteiger partial charge on any atom is -0.456 e. The largest absolute Gasteiger partial charge is 0.456 e. The third-order valence-corrected chi connectivity index (χ3v) is 5.37. The Morgan fingerprint density at radius 3 is 1.90 bits per heavy atom. The van der Waals surface area contributed by atoms with E-state index in [0.29, 0.717) is 58.9 Å². The van der Waals surface area contributed by atoms with E-state index < -0.39 is 0 Å². The molecule has 1 fully saturated rings. The highest BCUT2D eigenvalue weighted by atomic mass is 35.5. The van der Waals surface area contributed by atoms with Crippen LogP contribution in [0.4, 0.5) is 0 Å². The van der Waals surface area contributed by atoms with Gasteiger partial charge in [0.1, 0.15) is 11.5 Å². The van der Waals surface area contributed by atoms with Crippen molar-refractivity contribution in [2.24, 2.45) is 0 Å². The molecule has 8 heteroatoms. The van der Waals surface area contributed by atoms with Gasteiger partial charge in [-0.15, -0.1) is 0 Å². The average molecular weight is 456 g/mol. The lowest BCUT2D eigenvalue weighted by molar-refractivity contribution is 0.0535. The molecule has 0 radical (unpaired) electrons. The van der Waals surface area contributed by atoms with E-state index in [1.165, 1.54) is 0 Å². The number of halogens is 2. The fraction of sp³-hybridized carbons (Fsp3) is 0.174. The van der Waals surface area contributed by atoms with E-state index in [4.69, 9.17) is 27.9 Å². The van der Waals surface area contributed by atoms with Crippen molar-refractivity contribution in [3.8, 4) is 11.5 Å². The molecule has 31 heavy (non-hydrogen) atoms. The van der Waals surface area contributed by atoms with E-state index in [2.05, 4.69) is 4.98 Å². The summed E-state index contributed by atoms with van der Waals surface area (Å²) in [6.45, 7) is 1.79. The van der Waals surface area contributed by atoms with E-state index in [0.717, 1.165) is 0 Å². The SMILES string of the molecule is O=C(c1ccc(Oc2cccnc2)cc1)N1CCN(C(=O)c2cc(Cl)cc(Cl)c2)CC1. The summed E-state index contributed by atoms with van der Waals surface area (Å²) >= 11 is 12.0. The molecule has 3 aromatic rings. The number of benzene rings is 2. The molecule has 0 aliphatic carbocycles. The second-order valence-corrected chi connectivity index (χ2v) is 7.93. The van der Waals surface area contributed by atoms with Crippen molar-refractivity contribution in [2.75, 3.05) is 26.2 Å². The normalized spacial score (nSPS) is 13.7. The van der Waals surface area contributed by atoms with Crippen molar-refractivity contribution in [3.05, 3.63) is 88.2 Å². The van der Waals surface area contributed by atoms with Crippen molar-refractivity contribution >= 4 is 35.0 Å². The Bertz CT molecular complexity index is 1060. The van der Waals surface area contributed by atoms with Crippen LogP contribution < -0.4 is 4.74 Å². The Balaban J connectivity index is 1.35. The fourth-order valence-corrected chi connectivity index (χ4v) is 3.89. The molecule has 2 heterocycles. The predicted octanol–water partition coefficient (Wildman–Crippen LogP) is 4.78. The molecular weight excluding hydrogens is 437 g/mol. The summed E-state index contributed by atoms with van der Waals surface area (Å²) in [7, 11) is 0. The maximum Gasteiger partial charge on any atom is 0.254 e. The first-order chi connectivity index (χ1) is 15.0. The van der Waals surface area contributed by atoms with Crippen LogP contribution in [0.1, 0.15) is 20.7 Å². The molecule has 1 aliphatic heterocycles.